The second-order valence-electron chi connectivity index (χ2n) is 10.1. The Hall–Kier alpha value is -2.30. The minimum atomic E-state index is -1.22. The van der Waals surface area contributed by atoms with Crippen molar-refractivity contribution in [2.45, 2.75) is 96.3 Å². The van der Waals surface area contributed by atoms with E-state index in [-0.39, 0.29) is 29.4 Å². The van der Waals surface area contributed by atoms with Crippen molar-refractivity contribution in [3.63, 3.8) is 0 Å². The first kappa shape index (κ1) is 28.3. The molecule has 0 aromatic heterocycles. The second-order valence-corrected chi connectivity index (χ2v) is 10.1. The number of ether oxygens (including phenoxy) is 1. The maximum Gasteiger partial charge on any atom is 0.201 e. The van der Waals surface area contributed by atoms with Crippen LogP contribution >= 0.6 is 0 Å². The number of hydrogen-bond acceptors (Lipinski definition) is 1. The van der Waals surface area contributed by atoms with Gasteiger partial charge in [-0.3, -0.25) is 0 Å². The first-order valence-electron chi connectivity index (χ1n) is 13.7. The molecule has 1 saturated carbocycles. The molecule has 0 aliphatic heterocycles. The van der Waals surface area contributed by atoms with Gasteiger partial charge in [-0.1, -0.05) is 63.7 Å². The molecule has 5 heteroatoms. The molecule has 1 fully saturated rings. The second kappa shape index (κ2) is 14.4. The van der Waals surface area contributed by atoms with Crippen molar-refractivity contribution in [1.29, 1.82) is 0 Å². The molecular weight excluding hydrogens is 464 g/mol. The monoisotopic (exact) mass is 504 g/mol. The van der Waals surface area contributed by atoms with Crippen LogP contribution in [0.2, 0.25) is 0 Å². The van der Waals surface area contributed by atoms with Crippen LogP contribution < -0.4 is 4.74 Å². The molecule has 0 bridgehead atoms. The average molecular weight is 505 g/mol. The van der Waals surface area contributed by atoms with Crippen LogP contribution in [0.1, 0.15) is 102 Å². The number of benzene rings is 2. The van der Waals surface area contributed by atoms with Crippen LogP contribution in [0.4, 0.5) is 17.6 Å². The van der Waals surface area contributed by atoms with Crippen molar-refractivity contribution in [3.05, 3.63) is 65.8 Å². The van der Waals surface area contributed by atoms with Gasteiger partial charge in [0.05, 0.1) is 6.61 Å². The fraction of sp³-hybridized carbons (Fsp3) is 0.548. The van der Waals surface area contributed by atoms with Gasteiger partial charge in [-0.25, -0.2) is 13.2 Å². The van der Waals surface area contributed by atoms with Gasteiger partial charge in [-0.05, 0) is 74.5 Å². The minimum Gasteiger partial charge on any atom is -0.490 e. The molecule has 1 aliphatic carbocycles. The predicted octanol–water partition coefficient (Wildman–Crippen LogP) is 10.3. The fourth-order valence-corrected chi connectivity index (χ4v) is 5.30. The third-order valence-corrected chi connectivity index (χ3v) is 7.52. The molecule has 36 heavy (non-hydrogen) atoms. The molecule has 2 aromatic rings. The van der Waals surface area contributed by atoms with Crippen molar-refractivity contribution in [1.82, 2.24) is 0 Å². The van der Waals surface area contributed by atoms with Gasteiger partial charge in [0.25, 0.3) is 0 Å². The van der Waals surface area contributed by atoms with Gasteiger partial charge >= 0.3 is 0 Å². The van der Waals surface area contributed by atoms with Crippen LogP contribution in [0.15, 0.2) is 36.9 Å². The third kappa shape index (κ3) is 7.36. The summed E-state index contributed by atoms with van der Waals surface area (Å²) in [7, 11) is 0. The molecule has 0 heterocycles. The number of halogens is 4. The van der Waals surface area contributed by atoms with Crippen LogP contribution in [0.3, 0.4) is 0 Å². The van der Waals surface area contributed by atoms with Crippen molar-refractivity contribution in [2.24, 2.45) is 5.92 Å². The molecule has 2 aromatic carbocycles. The molecular formula is C31H40F4O. The zero-order chi connectivity index (χ0) is 25.9. The third-order valence-electron chi connectivity index (χ3n) is 7.52. The summed E-state index contributed by atoms with van der Waals surface area (Å²) in [4.78, 5) is 0. The number of hydrogen-bond donors (Lipinski definition) is 0. The van der Waals surface area contributed by atoms with E-state index in [0.29, 0.717) is 11.5 Å². The zero-order valence-electron chi connectivity index (χ0n) is 21.6. The first-order chi connectivity index (χ1) is 17.5. The predicted molar refractivity (Wildman–Crippen MR) is 139 cm³/mol. The van der Waals surface area contributed by atoms with E-state index in [1.807, 2.05) is 6.08 Å². The minimum absolute atomic E-state index is 0.0578. The molecule has 0 atom stereocenters. The Morgan fingerprint density at radius 1 is 0.778 bits per heavy atom. The van der Waals surface area contributed by atoms with Gasteiger partial charge in [0.1, 0.15) is 0 Å². The molecule has 3 rings (SSSR count). The molecule has 0 N–H and O–H groups in total. The van der Waals surface area contributed by atoms with Gasteiger partial charge in [0.15, 0.2) is 23.2 Å². The quantitative estimate of drug-likeness (QED) is 0.141. The SMILES string of the molecule is C=CCCC1CCC(c2ccc(-c3ccc(OCCCCCCCCC)c(F)c3F)c(F)c2F)CC1. The Balaban J connectivity index is 1.62. The smallest absolute Gasteiger partial charge is 0.201 e. The Morgan fingerprint density at radius 3 is 2.06 bits per heavy atom. The molecule has 0 unspecified atom stereocenters. The van der Waals surface area contributed by atoms with E-state index in [2.05, 4.69) is 13.5 Å². The van der Waals surface area contributed by atoms with E-state index in [1.165, 1.54) is 49.9 Å². The summed E-state index contributed by atoms with van der Waals surface area (Å²) in [5, 5.41) is 0. The van der Waals surface area contributed by atoms with Crippen LogP contribution in [0.25, 0.3) is 11.1 Å². The largest absolute Gasteiger partial charge is 0.490 e. The lowest BCUT2D eigenvalue weighted by atomic mass is 9.77. The normalized spacial score (nSPS) is 17.8. The maximum atomic E-state index is 15.1. The van der Waals surface area contributed by atoms with Gasteiger partial charge in [-0.15, -0.1) is 6.58 Å². The van der Waals surface area contributed by atoms with Crippen LogP contribution in [-0.2, 0) is 0 Å². The van der Waals surface area contributed by atoms with E-state index in [9.17, 15) is 8.78 Å². The summed E-state index contributed by atoms with van der Waals surface area (Å²) in [6.45, 7) is 6.22. The molecule has 0 radical (unpaired) electrons. The van der Waals surface area contributed by atoms with Crippen LogP contribution in [-0.4, -0.2) is 6.61 Å². The molecule has 198 valence electrons. The topological polar surface area (TPSA) is 9.23 Å². The van der Waals surface area contributed by atoms with E-state index < -0.39 is 23.3 Å². The number of unbranched alkanes of at least 4 members (excludes halogenated alkanes) is 6. The summed E-state index contributed by atoms with van der Waals surface area (Å²) in [5.41, 5.74) is -0.244. The van der Waals surface area contributed by atoms with Crippen molar-refractivity contribution < 1.29 is 22.3 Å². The van der Waals surface area contributed by atoms with E-state index in [1.54, 1.807) is 0 Å². The van der Waals surface area contributed by atoms with Gasteiger partial charge in [0, 0.05) is 11.1 Å². The van der Waals surface area contributed by atoms with Gasteiger partial charge < -0.3 is 4.74 Å². The summed E-state index contributed by atoms with van der Waals surface area (Å²) in [6, 6.07) is 5.46. The van der Waals surface area contributed by atoms with Crippen LogP contribution in [0, 0.1) is 29.2 Å². The van der Waals surface area contributed by atoms with Crippen molar-refractivity contribution >= 4 is 0 Å². The van der Waals surface area contributed by atoms with E-state index in [0.717, 1.165) is 57.8 Å². The molecule has 0 spiro atoms. The first-order valence-corrected chi connectivity index (χ1v) is 13.7. The number of allylic oxidation sites excluding steroid dienone is 1. The average Bonchev–Trinajstić information content (AvgIpc) is 2.89. The van der Waals surface area contributed by atoms with Gasteiger partial charge in [-0.2, -0.15) is 4.39 Å². The highest BCUT2D eigenvalue weighted by Gasteiger charge is 2.27. The Morgan fingerprint density at radius 2 is 1.39 bits per heavy atom. The van der Waals surface area contributed by atoms with Gasteiger partial charge in [0.2, 0.25) is 5.82 Å². The lowest BCUT2D eigenvalue weighted by molar-refractivity contribution is 0.285. The highest BCUT2D eigenvalue weighted by atomic mass is 19.2. The summed E-state index contributed by atoms with van der Waals surface area (Å²) in [5.74, 6) is -4.14. The lowest BCUT2D eigenvalue weighted by Crippen LogP contribution is -2.15. The maximum absolute atomic E-state index is 15.1. The standard InChI is InChI=1S/C31H40F4O/c1-3-5-7-8-9-10-11-21-36-27-20-19-26(30(34)31(27)35)25-18-17-24(28(32)29(25)33)23-15-13-22(14-16-23)12-6-4-2/h4,17-20,22-23H,2-3,5-16,21H2,1H3. The summed E-state index contributed by atoms with van der Waals surface area (Å²) >= 11 is 0. The summed E-state index contributed by atoms with van der Waals surface area (Å²) in [6.07, 6.45) is 15.1. The Bertz CT molecular complexity index is 979. The molecule has 1 aliphatic rings. The van der Waals surface area contributed by atoms with E-state index in [4.69, 9.17) is 4.74 Å². The van der Waals surface area contributed by atoms with E-state index >= 15 is 8.78 Å². The molecule has 0 saturated heterocycles. The number of rotatable bonds is 14. The zero-order valence-corrected chi connectivity index (χ0v) is 21.6. The highest BCUT2D eigenvalue weighted by Crippen LogP contribution is 2.41. The fourth-order valence-electron chi connectivity index (χ4n) is 5.30. The Labute approximate surface area is 214 Å². The van der Waals surface area contributed by atoms with Crippen molar-refractivity contribution in [2.75, 3.05) is 6.61 Å². The van der Waals surface area contributed by atoms with Crippen molar-refractivity contribution in [3.8, 4) is 16.9 Å². The molecule has 1 nitrogen and oxygen atoms in total. The van der Waals surface area contributed by atoms with Crippen LogP contribution in [0.5, 0.6) is 5.75 Å². The lowest BCUT2D eigenvalue weighted by Gasteiger charge is -2.29. The Kier molecular flexibility index (Phi) is 11.3. The summed E-state index contributed by atoms with van der Waals surface area (Å²) < 4.78 is 65.1. The highest BCUT2D eigenvalue weighted by molar-refractivity contribution is 5.66. The molecule has 0 amide bonds.